The van der Waals surface area contributed by atoms with Crippen molar-refractivity contribution in [2.75, 3.05) is 0 Å². The number of benzene rings is 1. The first-order valence-electron chi connectivity index (χ1n) is 5.98. The van der Waals surface area contributed by atoms with Crippen LogP contribution in [0.1, 0.15) is 24.7 Å². The lowest BCUT2D eigenvalue weighted by Crippen LogP contribution is -2.07. The van der Waals surface area contributed by atoms with Crippen molar-refractivity contribution >= 4 is 16.7 Å². The molecule has 0 bridgehead atoms. The van der Waals surface area contributed by atoms with Gasteiger partial charge in [0.15, 0.2) is 5.52 Å². The minimum atomic E-state index is -4.63. The van der Waals surface area contributed by atoms with Gasteiger partial charge in [-0.2, -0.15) is 13.2 Å². The molecule has 1 heterocycles. The van der Waals surface area contributed by atoms with Gasteiger partial charge in [-0.25, -0.2) is 4.98 Å². The van der Waals surface area contributed by atoms with Crippen LogP contribution in [0.4, 0.5) is 18.9 Å². The Labute approximate surface area is 112 Å². The van der Waals surface area contributed by atoms with Crippen molar-refractivity contribution in [3.63, 3.8) is 0 Å². The first kappa shape index (κ1) is 14.3. The van der Waals surface area contributed by atoms with Gasteiger partial charge in [-0.05, 0) is 19.4 Å². The van der Waals surface area contributed by atoms with E-state index in [1.165, 1.54) is 0 Å². The van der Waals surface area contributed by atoms with Gasteiger partial charge >= 0.3 is 6.18 Å². The van der Waals surface area contributed by atoms with E-state index >= 15 is 0 Å². The van der Waals surface area contributed by atoms with E-state index in [0.717, 1.165) is 6.07 Å². The summed E-state index contributed by atoms with van der Waals surface area (Å²) in [7, 11) is 0. The Morgan fingerprint density at radius 3 is 2.55 bits per heavy atom. The van der Waals surface area contributed by atoms with Crippen LogP contribution in [0.25, 0.3) is 11.0 Å². The van der Waals surface area contributed by atoms with Crippen molar-refractivity contribution < 1.29 is 18.1 Å². The fraction of sp³-hybridized carbons (Fsp3) is 0.417. The van der Waals surface area contributed by atoms with Gasteiger partial charge in [-0.3, -0.25) is 10.1 Å². The molecule has 1 aromatic heterocycles. The molecule has 0 radical (unpaired) electrons. The number of nitro groups is 1. The van der Waals surface area contributed by atoms with Crippen LogP contribution in [0.15, 0.2) is 12.1 Å². The maximum Gasteiger partial charge on any atom is 0.416 e. The number of halogens is 3. The average Bonchev–Trinajstić information content (AvgIpc) is 2.64. The van der Waals surface area contributed by atoms with Gasteiger partial charge in [0.25, 0.3) is 5.69 Å². The Morgan fingerprint density at radius 2 is 2.05 bits per heavy atom. The molecule has 0 saturated heterocycles. The minimum Gasteiger partial charge on any atom is -0.328 e. The Balaban J connectivity index is 2.83. The number of nitrogens with zero attached hydrogens (tertiary/aromatic N) is 3. The predicted molar refractivity (Wildman–Crippen MR) is 66.4 cm³/mol. The van der Waals surface area contributed by atoms with Crippen molar-refractivity contribution in [3.8, 4) is 0 Å². The predicted octanol–water partition coefficient (Wildman–Crippen LogP) is 3.68. The Morgan fingerprint density at radius 1 is 1.40 bits per heavy atom. The summed E-state index contributed by atoms with van der Waals surface area (Å²) in [5, 5.41) is 11.0. The van der Waals surface area contributed by atoms with Crippen LogP contribution in [0, 0.1) is 17.0 Å². The topological polar surface area (TPSA) is 61.0 Å². The van der Waals surface area contributed by atoms with Crippen LogP contribution in [0.3, 0.4) is 0 Å². The van der Waals surface area contributed by atoms with Crippen LogP contribution in [-0.4, -0.2) is 14.5 Å². The van der Waals surface area contributed by atoms with Crippen molar-refractivity contribution in [1.82, 2.24) is 9.55 Å². The Kier molecular flexibility index (Phi) is 3.41. The van der Waals surface area contributed by atoms with Crippen molar-refractivity contribution in [3.05, 3.63) is 33.6 Å². The number of non-ortho nitro benzene ring substituents is 1. The summed E-state index contributed by atoms with van der Waals surface area (Å²) in [6.45, 7) is 3.95. The number of hydrogen-bond acceptors (Lipinski definition) is 3. The van der Waals surface area contributed by atoms with Crippen molar-refractivity contribution in [1.29, 1.82) is 0 Å². The normalized spacial score (nSPS) is 12.1. The third-order valence-electron chi connectivity index (χ3n) is 3.00. The fourth-order valence-electron chi connectivity index (χ4n) is 2.13. The third-order valence-corrected chi connectivity index (χ3v) is 3.00. The first-order valence-corrected chi connectivity index (χ1v) is 5.98. The van der Waals surface area contributed by atoms with E-state index in [1.807, 2.05) is 6.92 Å². The Bertz CT molecular complexity index is 677. The summed E-state index contributed by atoms with van der Waals surface area (Å²) in [6, 6.07) is 1.45. The molecule has 20 heavy (non-hydrogen) atoms. The number of aromatic nitrogens is 2. The molecule has 0 spiro atoms. The van der Waals surface area contributed by atoms with Gasteiger partial charge < -0.3 is 4.57 Å². The second-order valence-corrected chi connectivity index (χ2v) is 4.43. The molecule has 8 heteroatoms. The van der Waals surface area contributed by atoms with Crippen LogP contribution >= 0.6 is 0 Å². The molecular weight excluding hydrogens is 275 g/mol. The number of rotatable bonds is 3. The van der Waals surface area contributed by atoms with E-state index in [4.69, 9.17) is 0 Å². The van der Waals surface area contributed by atoms with E-state index in [-0.39, 0.29) is 11.0 Å². The smallest absolute Gasteiger partial charge is 0.328 e. The highest BCUT2D eigenvalue weighted by Crippen LogP contribution is 2.36. The molecule has 2 rings (SSSR count). The molecule has 5 nitrogen and oxygen atoms in total. The van der Waals surface area contributed by atoms with Crippen molar-refractivity contribution in [2.24, 2.45) is 0 Å². The summed E-state index contributed by atoms with van der Waals surface area (Å²) in [5.74, 6) is 0.462. The molecule has 0 N–H and O–H groups in total. The standard InChI is InChI=1S/C12H12F3N3O2/c1-3-4-17-7(2)16-11-9(17)5-8(12(13,14)15)6-10(11)18(19)20/h5-6H,3-4H2,1-2H3. The molecule has 1 aromatic carbocycles. The number of fused-ring (bicyclic) bond motifs is 1. The summed E-state index contributed by atoms with van der Waals surface area (Å²) in [4.78, 5) is 14.2. The lowest BCUT2D eigenvalue weighted by atomic mass is 10.1. The summed E-state index contributed by atoms with van der Waals surface area (Å²) in [6.07, 6.45) is -3.94. The van der Waals surface area contributed by atoms with Crippen LogP contribution in [0.5, 0.6) is 0 Å². The summed E-state index contributed by atoms with van der Waals surface area (Å²) < 4.78 is 40.1. The lowest BCUT2D eigenvalue weighted by molar-refractivity contribution is -0.383. The summed E-state index contributed by atoms with van der Waals surface area (Å²) in [5.41, 5.74) is -1.51. The van der Waals surface area contributed by atoms with Crippen LogP contribution in [0.2, 0.25) is 0 Å². The van der Waals surface area contributed by atoms with Gasteiger partial charge in [-0.1, -0.05) is 6.92 Å². The maximum atomic E-state index is 12.8. The van der Waals surface area contributed by atoms with Gasteiger partial charge in [0.05, 0.1) is 16.0 Å². The van der Waals surface area contributed by atoms with Crippen LogP contribution < -0.4 is 0 Å². The highest BCUT2D eigenvalue weighted by atomic mass is 19.4. The van der Waals surface area contributed by atoms with Gasteiger partial charge in [0.2, 0.25) is 0 Å². The molecule has 2 aromatic rings. The zero-order chi connectivity index (χ0) is 15.1. The zero-order valence-corrected chi connectivity index (χ0v) is 10.9. The molecular formula is C12H12F3N3O2. The molecule has 0 fully saturated rings. The number of nitro benzene ring substituents is 1. The van der Waals surface area contributed by atoms with Gasteiger partial charge in [0, 0.05) is 12.6 Å². The first-order chi connectivity index (χ1) is 9.25. The molecule has 0 unspecified atom stereocenters. The quantitative estimate of drug-likeness (QED) is 0.639. The highest BCUT2D eigenvalue weighted by molar-refractivity contribution is 5.86. The largest absolute Gasteiger partial charge is 0.416 e. The van der Waals surface area contributed by atoms with Gasteiger partial charge in [-0.15, -0.1) is 0 Å². The third kappa shape index (κ3) is 2.33. The van der Waals surface area contributed by atoms with E-state index in [2.05, 4.69) is 4.98 Å². The number of alkyl halides is 3. The highest BCUT2D eigenvalue weighted by Gasteiger charge is 2.34. The number of imidazole rings is 1. The Hall–Kier alpha value is -2.12. The second kappa shape index (κ2) is 4.77. The van der Waals surface area contributed by atoms with Crippen LogP contribution in [-0.2, 0) is 12.7 Å². The molecule has 108 valence electrons. The monoisotopic (exact) mass is 287 g/mol. The van der Waals surface area contributed by atoms with E-state index in [9.17, 15) is 23.3 Å². The fourth-order valence-corrected chi connectivity index (χ4v) is 2.13. The average molecular weight is 287 g/mol. The minimum absolute atomic E-state index is 0.00560. The molecule has 0 atom stereocenters. The molecule has 0 aliphatic rings. The molecule has 0 aliphatic carbocycles. The van der Waals surface area contributed by atoms with Crippen molar-refractivity contribution in [2.45, 2.75) is 33.0 Å². The van der Waals surface area contributed by atoms with E-state index in [1.54, 1.807) is 11.5 Å². The SMILES string of the molecule is CCCn1c(C)nc2c([N+](=O)[O-])cc(C(F)(F)F)cc21. The zero-order valence-electron chi connectivity index (χ0n) is 10.9. The second-order valence-electron chi connectivity index (χ2n) is 4.43. The molecule has 0 aliphatic heterocycles. The molecule has 0 saturated carbocycles. The lowest BCUT2D eigenvalue weighted by Gasteiger charge is -2.09. The summed E-state index contributed by atoms with van der Waals surface area (Å²) >= 11 is 0. The maximum absolute atomic E-state index is 12.8. The van der Waals surface area contributed by atoms with E-state index in [0.29, 0.717) is 24.9 Å². The van der Waals surface area contributed by atoms with E-state index < -0.39 is 22.4 Å². The number of hydrogen-bond donors (Lipinski definition) is 0. The van der Waals surface area contributed by atoms with Gasteiger partial charge in [0.1, 0.15) is 5.82 Å². The number of aryl methyl sites for hydroxylation is 2. The molecule has 0 amide bonds.